The maximum atomic E-state index is 6.11. The molecule has 0 bridgehead atoms. The normalized spacial score (nSPS) is 20.6. The van der Waals surface area contributed by atoms with E-state index >= 15 is 0 Å². The molecule has 0 N–H and O–H groups in total. The van der Waals surface area contributed by atoms with Crippen molar-refractivity contribution in [3.05, 3.63) is 12.3 Å². The summed E-state index contributed by atoms with van der Waals surface area (Å²) in [6, 6.07) is 0. The van der Waals surface area contributed by atoms with Gasteiger partial charge in [-0.05, 0) is 32.9 Å². The maximum absolute atomic E-state index is 6.11. The molecular formula is C17H34O8Si. The monoisotopic (exact) mass is 394 g/mol. The van der Waals surface area contributed by atoms with Crippen LogP contribution in [-0.2, 0) is 37.0 Å². The van der Waals surface area contributed by atoms with E-state index < -0.39 is 21.3 Å². The van der Waals surface area contributed by atoms with Crippen LogP contribution in [0.5, 0.6) is 0 Å². The second kappa shape index (κ2) is 12.2. The van der Waals surface area contributed by atoms with E-state index in [9.17, 15) is 0 Å². The van der Waals surface area contributed by atoms with Crippen LogP contribution in [-0.4, -0.2) is 67.5 Å². The fraction of sp³-hybridized carbons (Fsp3) is 0.882. The fourth-order valence-corrected chi connectivity index (χ4v) is 3.83. The van der Waals surface area contributed by atoms with Crippen molar-refractivity contribution in [2.45, 2.75) is 59.1 Å². The van der Waals surface area contributed by atoms with Crippen LogP contribution >= 0.6 is 0 Å². The van der Waals surface area contributed by atoms with Gasteiger partial charge in [0, 0.05) is 7.11 Å². The summed E-state index contributed by atoms with van der Waals surface area (Å²) in [5.74, 6) is 0. The van der Waals surface area contributed by atoms with E-state index in [0.29, 0.717) is 39.5 Å². The summed E-state index contributed by atoms with van der Waals surface area (Å²) >= 11 is 0. The van der Waals surface area contributed by atoms with Gasteiger partial charge in [0.2, 0.25) is 0 Å². The molecule has 9 heteroatoms. The minimum absolute atomic E-state index is 0.135. The summed E-state index contributed by atoms with van der Waals surface area (Å²) in [7, 11) is -1.92. The Morgan fingerprint density at radius 2 is 1.73 bits per heavy atom. The highest BCUT2D eigenvalue weighted by Crippen LogP contribution is 2.27. The van der Waals surface area contributed by atoms with E-state index in [1.807, 2.05) is 27.7 Å². The van der Waals surface area contributed by atoms with Crippen LogP contribution < -0.4 is 0 Å². The summed E-state index contributed by atoms with van der Waals surface area (Å²) in [5.41, 5.74) is 1.51. The molecule has 1 fully saturated rings. The predicted octanol–water partition coefficient (Wildman–Crippen LogP) is 2.59. The lowest BCUT2D eigenvalue weighted by atomic mass is 10.3. The van der Waals surface area contributed by atoms with Gasteiger partial charge < -0.3 is 32.5 Å². The van der Waals surface area contributed by atoms with E-state index in [2.05, 4.69) is 6.58 Å². The van der Waals surface area contributed by atoms with Crippen LogP contribution in [0.2, 0.25) is 0 Å². The van der Waals surface area contributed by atoms with Gasteiger partial charge in [0.25, 0.3) is 0 Å². The molecular weight excluding hydrogens is 360 g/mol. The Labute approximate surface area is 158 Å². The zero-order valence-corrected chi connectivity index (χ0v) is 17.7. The van der Waals surface area contributed by atoms with E-state index in [4.69, 9.17) is 37.0 Å². The van der Waals surface area contributed by atoms with Gasteiger partial charge in [-0.25, -0.2) is 0 Å². The second-order valence-corrected chi connectivity index (χ2v) is 8.00. The van der Waals surface area contributed by atoms with Crippen molar-refractivity contribution < 1.29 is 37.0 Å². The quantitative estimate of drug-likeness (QED) is 0.212. The number of ether oxygens (including phenoxy) is 5. The molecule has 154 valence electrons. The Hall–Kier alpha value is -0.363. The average molecular weight is 395 g/mol. The molecule has 0 saturated carbocycles. The maximum Gasteiger partial charge on any atom is 0.536 e. The summed E-state index contributed by atoms with van der Waals surface area (Å²) < 4.78 is 45.6. The van der Waals surface area contributed by atoms with E-state index in [-0.39, 0.29) is 6.10 Å². The first-order valence-corrected chi connectivity index (χ1v) is 11.0. The highest BCUT2D eigenvalue weighted by atomic mass is 28.4. The summed E-state index contributed by atoms with van der Waals surface area (Å²) in [6.45, 7) is 13.5. The molecule has 3 unspecified atom stereocenters. The van der Waals surface area contributed by atoms with Gasteiger partial charge in [-0.15, -0.1) is 0 Å². The Kier molecular flexibility index (Phi) is 11.1. The molecule has 1 rings (SSSR count). The van der Waals surface area contributed by atoms with Crippen molar-refractivity contribution in [1.29, 1.82) is 0 Å². The molecule has 3 atom stereocenters. The topological polar surface area (TPSA) is 77.1 Å². The van der Waals surface area contributed by atoms with Crippen molar-refractivity contribution in [1.82, 2.24) is 0 Å². The minimum Gasteiger partial charge on any atom is -0.374 e. The third kappa shape index (κ3) is 7.71. The Morgan fingerprint density at radius 1 is 1.15 bits per heavy atom. The average Bonchev–Trinajstić information content (AvgIpc) is 3.44. The highest BCUT2D eigenvalue weighted by molar-refractivity contribution is 6.66. The molecule has 1 saturated heterocycles. The Morgan fingerprint density at radius 3 is 2.12 bits per heavy atom. The number of rotatable bonds is 17. The van der Waals surface area contributed by atoms with Gasteiger partial charge in [0.1, 0.15) is 6.10 Å². The first-order chi connectivity index (χ1) is 12.5. The van der Waals surface area contributed by atoms with E-state index in [1.165, 1.54) is 12.8 Å². The van der Waals surface area contributed by atoms with Gasteiger partial charge in [-0.2, -0.15) is 0 Å². The lowest BCUT2D eigenvalue weighted by Crippen LogP contribution is -2.56. The molecule has 0 aromatic rings. The van der Waals surface area contributed by atoms with Crippen LogP contribution in [0.4, 0.5) is 0 Å². The smallest absolute Gasteiger partial charge is 0.374 e. The predicted molar refractivity (Wildman–Crippen MR) is 97.1 cm³/mol. The third-order valence-corrected chi connectivity index (χ3v) is 5.65. The van der Waals surface area contributed by atoms with Crippen molar-refractivity contribution >= 4 is 8.80 Å². The number of epoxide rings is 1. The number of hydrogen-bond acceptors (Lipinski definition) is 8. The minimum atomic E-state index is -3.42. The largest absolute Gasteiger partial charge is 0.536 e. The molecule has 0 aromatic carbocycles. The van der Waals surface area contributed by atoms with Gasteiger partial charge in [0.15, 0.2) is 6.29 Å². The molecule has 1 aliphatic rings. The molecule has 0 spiro atoms. The molecule has 0 amide bonds. The van der Waals surface area contributed by atoms with Crippen molar-refractivity contribution in [3.63, 3.8) is 0 Å². The van der Waals surface area contributed by atoms with Gasteiger partial charge in [0.05, 0.1) is 33.0 Å². The zero-order valence-electron chi connectivity index (χ0n) is 16.7. The first-order valence-electron chi connectivity index (χ1n) is 9.24. The zero-order chi connectivity index (χ0) is 19.5. The van der Waals surface area contributed by atoms with Crippen molar-refractivity contribution in [3.8, 4) is 0 Å². The van der Waals surface area contributed by atoms with Crippen LogP contribution in [0, 0.1) is 0 Å². The highest BCUT2D eigenvalue weighted by Gasteiger charge is 2.51. The SMILES string of the molecule is C=C[Si](OC)(OC(CCC)OCC1CO1)OC(OCC)(OCC)OCC. The van der Waals surface area contributed by atoms with Crippen molar-refractivity contribution in [2.24, 2.45) is 0 Å². The van der Waals surface area contributed by atoms with Crippen molar-refractivity contribution in [2.75, 3.05) is 40.1 Å². The Bertz CT molecular complexity index is 376. The summed E-state index contributed by atoms with van der Waals surface area (Å²) in [5, 5.41) is 0. The van der Waals surface area contributed by atoms with Crippen LogP contribution in [0.3, 0.4) is 0 Å². The molecule has 0 radical (unpaired) electrons. The second-order valence-electron chi connectivity index (χ2n) is 5.54. The van der Waals surface area contributed by atoms with Crippen LogP contribution in [0.1, 0.15) is 40.5 Å². The molecule has 0 aliphatic carbocycles. The molecule has 1 heterocycles. The third-order valence-electron chi connectivity index (χ3n) is 3.46. The molecule has 1 aliphatic heterocycles. The lowest BCUT2D eigenvalue weighted by Gasteiger charge is -2.38. The lowest BCUT2D eigenvalue weighted by molar-refractivity contribution is -0.478. The first kappa shape index (κ1) is 23.7. The van der Waals surface area contributed by atoms with Gasteiger partial charge in [-0.1, -0.05) is 19.9 Å². The molecule has 26 heavy (non-hydrogen) atoms. The summed E-state index contributed by atoms with van der Waals surface area (Å²) in [6.07, 6.45) is -0.556. The van der Waals surface area contributed by atoms with Gasteiger partial charge in [-0.3, -0.25) is 4.43 Å². The molecule has 8 nitrogen and oxygen atoms in total. The van der Waals surface area contributed by atoms with Gasteiger partial charge >= 0.3 is 15.0 Å². The van der Waals surface area contributed by atoms with Crippen LogP contribution in [0.15, 0.2) is 12.3 Å². The van der Waals surface area contributed by atoms with E-state index in [1.54, 1.807) is 0 Å². The Balaban J connectivity index is 2.91. The fourth-order valence-electron chi connectivity index (χ4n) is 2.18. The molecule has 0 aromatic heterocycles. The van der Waals surface area contributed by atoms with E-state index in [0.717, 1.165) is 6.42 Å². The number of hydrogen-bond donors (Lipinski definition) is 0. The van der Waals surface area contributed by atoms with Crippen LogP contribution in [0.25, 0.3) is 0 Å². The standard InChI is InChI=1S/C17H34O8Si/c1-7-12-16(20-14-15-13-19-15)24-26(11-5,18-6)25-17(21-8-2,22-9-3)23-10-4/h11,15-16H,5,7-10,12-14H2,1-4,6H3. The summed E-state index contributed by atoms with van der Waals surface area (Å²) in [4.78, 5) is 0.